The number of halogens is 2. The second kappa shape index (κ2) is 10.3. The summed E-state index contributed by atoms with van der Waals surface area (Å²) >= 11 is 9.45. The Labute approximate surface area is 172 Å². The molecule has 0 aromatic heterocycles. The highest BCUT2D eigenvalue weighted by Gasteiger charge is 2.25. The summed E-state index contributed by atoms with van der Waals surface area (Å²) in [6.07, 6.45) is 0.646. The van der Waals surface area contributed by atoms with Crippen LogP contribution in [0.3, 0.4) is 0 Å². The highest BCUT2D eigenvalue weighted by molar-refractivity contribution is 9.10. The number of rotatable bonds is 8. The minimum Gasteiger partial charge on any atom is -0.482 e. The monoisotopic (exact) mass is 452 g/mol. The molecule has 0 bridgehead atoms. The van der Waals surface area contributed by atoms with E-state index in [2.05, 4.69) is 21.2 Å². The van der Waals surface area contributed by atoms with Gasteiger partial charge in [0, 0.05) is 18.1 Å². The van der Waals surface area contributed by atoms with Crippen molar-refractivity contribution in [2.45, 2.75) is 19.4 Å². The third kappa shape index (κ3) is 6.26. The lowest BCUT2D eigenvalue weighted by Gasteiger charge is -2.28. The van der Waals surface area contributed by atoms with Gasteiger partial charge in [0.25, 0.3) is 5.91 Å². The van der Waals surface area contributed by atoms with E-state index in [1.54, 1.807) is 32.2 Å². The summed E-state index contributed by atoms with van der Waals surface area (Å²) in [5.74, 6) is -0.0806. The highest BCUT2D eigenvalue weighted by Crippen LogP contribution is 2.27. The van der Waals surface area contributed by atoms with E-state index in [4.69, 9.17) is 16.3 Å². The fourth-order valence-corrected chi connectivity index (χ4v) is 3.32. The van der Waals surface area contributed by atoms with Crippen LogP contribution in [-0.4, -0.2) is 43.0 Å². The zero-order chi connectivity index (χ0) is 19.8. The maximum absolute atomic E-state index is 12.7. The van der Waals surface area contributed by atoms with E-state index in [1.165, 1.54) is 4.90 Å². The van der Waals surface area contributed by atoms with Crippen molar-refractivity contribution >= 4 is 39.3 Å². The summed E-state index contributed by atoms with van der Waals surface area (Å²) in [5.41, 5.74) is 1.09. The number of nitrogens with one attached hydrogen (secondary N) is 1. The van der Waals surface area contributed by atoms with Crippen LogP contribution in [0, 0.1) is 0 Å². The van der Waals surface area contributed by atoms with Crippen LogP contribution in [0.25, 0.3) is 0 Å². The highest BCUT2D eigenvalue weighted by atomic mass is 79.9. The van der Waals surface area contributed by atoms with Crippen molar-refractivity contribution in [2.24, 2.45) is 0 Å². The van der Waals surface area contributed by atoms with Crippen molar-refractivity contribution in [1.82, 2.24) is 10.2 Å². The molecular formula is C20H22BrClN2O3. The van der Waals surface area contributed by atoms with Gasteiger partial charge in [0.05, 0.1) is 5.02 Å². The SMILES string of the molecule is CNC(=O)C(C)N(CCc1ccccc1)C(=O)COc1ccc(Br)cc1Cl. The summed E-state index contributed by atoms with van der Waals surface area (Å²) in [4.78, 5) is 26.3. The third-order valence-electron chi connectivity index (χ3n) is 4.14. The molecule has 0 aliphatic carbocycles. The smallest absolute Gasteiger partial charge is 0.261 e. The van der Waals surface area contributed by atoms with Gasteiger partial charge in [-0.25, -0.2) is 0 Å². The normalized spacial score (nSPS) is 11.6. The number of nitrogens with zero attached hydrogens (tertiary/aromatic N) is 1. The average molecular weight is 454 g/mol. The summed E-state index contributed by atoms with van der Waals surface area (Å²) in [6, 6.07) is 14.4. The van der Waals surface area contributed by atoms with Gasteiger partial charge in [-0.3, -0.25) is 9.59 Å². The first kappa shape index (κ1) is 21.3. The number of hydrogen-bond acceptors (Lipinski definition) is 3. The van der Waals surface area contributed by atoms with E-state index in [1.807, 2.05) is 30.3 Å². The molecule has 0 saturated carbocycles. The van der Waals surface area contributed by atoms with Crippen LogP contribution < -0.4 is 10.1 Å². The molecule has 0 fully saturated rings. The molecule has 2 amide bonds. The topological polar surface area (TPSA) is 58.6 Å². The van der Waals surface area contributed by atoms with Gasteiger partial charge in [0.15, 0.2) is 6.61 Å². The van der Waals surface area contributed by atoms with Gasteiger partial charge in [0.2, 0.25) is 5.91 Å². The molecular weight excluding hydrogens is 432 g/mol. The van der Waals surface area contributed by atoms with Gasteiger partial charge < -0.3 is 15.0 Å². The molecule has 0 aliphatic heterocycles. The number of amides is 2. The van der Waals surface area contributed by atoms with Gasteiger partial charge in [-0.05, 0) is 37.1 Å². The van der Waals surface area contributed by atoms with Crippen LogP contribution in [0.5, 0.6) is 5.75 Å². The van der Waals surface area contributed by atoms with Gasteiger partial charge >= 0.3 is 0 Å². The van der Waals surface area contributed by atoms with Gasteiger partial charge in [-0.15, -0.1) is 0 Å². The first-order valence-corrected chi connectivity index (χ1v) is 9.72. The van der Waals surface area contributed by atoms with Crippen molar-refractivity contribution in [3.63, 3.8) is 0 Å². The molecule has 0 radical (unpaired) electrons. The number of likely N-dealkylation sites (N-methyl/N-ethyl adjacent to an activating group) is 1. The van der Waals surface area contributed by atoms with Crippen molar-refractivity contribution in [3.8, 4) is 5.75 Å². The standard InChI is InChI=1S/C20H22BrClN2O3/c1-14(20(26)23-2)24(11-10-15-6-4-3-5-7-15)19(25)13-27-18-9-8-16(21)12-17(18)22/h3-9,12,14H,10-11,13H2,1-2H3,(H,23,26). The molecule has 0 heterocycles. The Bertz CT molecular complexity index is 786. The number of hydrogen-bond donors (Lipinski definition) is 1. The van der Waals surface area contributed by atoms with Crippen molar-refractivity contribution < 1.29 is 14.3 Å². The molecule has 7 heteroatoms. The lowest BCUT2D eigenvalue weighted by molar-refractivity contribution is -0.141. The Morgan fingerprint density at radius 1 is 1.22 bits per heavy atom. The maximum atomic E-state index is 12.7. The summed E-state index contributed by atoms with van der Waals surface area (Å²) < 4.78 is 6.40. The lowest BCUT2D eigenvalue weighted by Crippen LogP contribution is -2.49. The molecule has 1 N–H and O–H groups in total. The molecule has 0 aliphatic rings. The van der Waals surface area contributed by atoms with E-state index in [9.17, 15) is 9.59 Å². The first-order chi connectivity index (χ1) is 12.9. The van der Waals surface area contributed by atoms with Crippen LogP contribution in [0.15, 0.2) is 53.0 Å². The fraction of sp³-hybridized carbons (Fsp3) is 0.300. The molecule has 144 valence electrons. The zero-order valence-electron chi connectivity index (χ0n) is 15.2. The average Bonchev–Trinajstić information content (AvgIpc) is 2.67. The van der Waals surface area contributed by atoms with Crippen molar-refractivity contribution in [1.29, 1.82) is 0 Å². The molecule has 2 aromatic rings. The van der Waals surface area contributed by atoms with E-state index < -0.39 is 6.04 Å². The van der Waals surface area contributed by atoms with Crippen molar-refractivity contribution in [2.75, 3.05) is 20.2 Å². The largest absolute Gasteiger partial charge is 0.482 e. The lowest BCUT2D eigenvalue weighted by atomic mass is 10.1. The predicted molar refractivity (Wildman–Crippen MR) is 110 cm³/mol. The third-order valence-corrected chi connectivity index (χ3v) is 4.93. The Morgan fingerprint density at radius 3 is 2.56 bits per heavy atom. The van der Waals surface area contributed by atoms with Crippen LogP contribution in [0.2, 0.25) is 5.02 Å². The molecule has 0 saturated heterocycles. The molecule has 27 heavy (non-hydrogen) atoms. The quantitative estimate of drug-likeness (QED) is 0.663. The molecule has 0 spiro atoms. The maximum Gasteiger partial charge on any atom is 0.261 e. The fourth-order valence-electron chi connectivity index (χ4n) is 2.59. The molecule has 2 rings (SSSR count). The summed E-state index contributed by atoms with van der Waals surface area (Å²) in [5, 5.41) is 3.00. The molecule has 2 aromatic carbocycles. The van der Waals surface area contributed by atoms with Crippen LogP contribution in [0.1, 0.15) is 12.5 Å². The van der Waals surface area contributed by atoms with Gasteiger partial charge in [-0.1, -0.05) is 57.9 Å². The van der Waals surface area contributed by atoms with E-state index >= 15 is 0 Å². The van der Waals surface area contributed by atoms with Crippen LogP contribution >= 0.6 is 27.5 Å². The minimum atomic E-state index is -0.602. The van der Waals surface area contributed by atoms with Crippen molar-refractivity contribution in [3.05, 3.63) is 63.6 Å². The van der Waals surface area contributed by atoms with Crippen LogP contribution in [0.4, 0.5) is 0 Å². The summed E-state index contributed by atoms with van der Waals surface area (Å²) in [6.45, 7) is 1.92. The minimum absolute atomic E-state index is 0.197. The zero-order valence-corrected chi connectivity index (χ0v) is 17.6. The van der Waals surface area contributed by atoms with Crippen LogP contribution in [-0.2, 0) is 16.0 Å². The van der Waals surface area contributed by atoms with E-state index in [0.29, 0.717) is 23.7 Å². The molecule has 5 nitrogen and oxygen atoms in total. The number of benzene rings is 2. The summed E-state index contributed by atoms with van der Waals surface area (Å²) in [7, 11) is 1.55. The predicted octanol–water partition coefficient (Wildman–Crippen LogP) is 3.69. The van der Waals surface area contributed by atoms with Gasteiger partial charge in [-0.2, -0.15) is 0 Å². The molecule has 1 atom stereocenters. The Balaban J connectivity index is 2.06. The van der Waals surface area contributed by atoms with Gasteiger partial charge in [0.1, 0.15) is 11.8 Å². The molecule has 1 unspecified atom stereocenters. The Hall–Kier alpha value is -2.05. The second-order valence-electron chi connectivity index (χ2n) is 5.98. The Morgan fingerprint density at radius 2 is 1.93 bits per heavy atom. The number of carbonyl (C=O) groups is 2. The van der Waals surface area contributed by atoms with E-state index in [-0.39, 0.29) is 18.4 Å². The Kier molecular flexibility index (Phi) is 8.13. The van der Waals surface area contributed by atoms with E-state index in [0.717, 1.165) is 10.0 Å². The number of ether oxygens (including phenoxy) is 1. The first-order valence-electron chi connectivity index (χ1n) is 8.55. The number of carbonyl (C=O) groups excluding carboxylic acids is 2. The second-order valence-corrected chi connectivity index (χ2v) is 7.30.